The lowest BCUT2D eigenvalue weighted by Gasteiger charge is -2.16. The molecule has 108 valence electrons. The van der Waals surface area contributed by atoms with Gasteiger partial charge in [0.2, 0.25) is 0 Å². The van der Waals surface area contributed by atoms with Crippen LogP contribution < -0.4 is 5.32 Å². The van der Waals surface area contributed by atoms with Crippen molar-refractivity contribution in [1.82, 2.24) is 5.32 Å². The maximum atomic E-state index is 3.34. The van der Waals surface area contributed by atoms with Crippen molar-refractivity contribution in [3.05, 3.63) is 71.1 Å². The highest BCUT2D eigenvalue weighted by Crippen LogP contribution is 2.29. The molecule has 1 N–H and O–H groups in total. The van der Waals surface area contributed by atoms with Crippen molar-refractivity contribution in [3.8, 4) is 0 Å². The van der Waals surface area contributed by atoms with Crippen LogP contribution in [0.5, 0.6) is 0 Å². The Bertz CT molecular complexity index is 687. The highest BCUT2D eigenvalue weighted by Gasteiger charge is 2.12. The number of aryl methyl sites for hydroxylation is 1. The Labute approximate surface area is 130 Å². The minimum absolute atomic E-state index is 0.579. The minimum Gasteiger partial charge on any atom is -0.319 e. The van der Waals surface area contributed by atoms with Crippen molar-refractivity contribution in [3.63, 3.8) is 0 Å². The van der Waals surface area contributed by atoms with Crippen LogP contribution in [-0.4, -0.2) is 13.6 Å². The zero-order valence-electron chi connectivity index (χ0n) is 12.4. The number of rotatable bonds is 6. The average molecular weight is 295 g/mol. The molecule has 3 rings (SSSR count). The van der Waals surface area contributed by atoms with Crippen molar-refractivity contribution < 1.29 is 0 Å². The molecule has 0 fully saturated rings. The van der Waals surface area contributed by atoms with Gasteiger partial charge < -0.3 is 5.32 Å². The largest absolute Gasteiger partial charge is 0.319 e. The van der Waals surface area contributed by atoms with E-state index in [-0.39, 0.29) is 0 Å². The summed E-state index contributed by atoms with van der Waals surface area (Å²) < 4.78 is 1.40. The van der Waals surface area contributed by atoms with Crippen LogP contribution in [0.3, 0.4) is 0 Å². The van der Waals surface area contributed by atoms with Gasteiger partial charge in [-0.1, -0.05) is 48.5 Å². The van der Waals surface area contributed by atoms with E-state index in [1.165, 1.54) is 27.6 Å². The second-order valence-corrected chi connectivity index (χ2v) is 6.37. The van der Waals surface area contributed by atoms with E-state index in [0.717, 1.165) is 13.0 Å². The Morgan fingerprint density at radius 2 is 1.76 bits per heavy atom. The van der Waals surface area contributed by atoms with Crippen LogP contribution in [-0.2, 0) is 6.42 Å². The van der Waals surface area contributed by atoms with Gasteiger partial charge in [-0.05, 0) is 53.8 Å². The van der Waals surface area contributed by atoms with Crippen LogP contribution in [0.4, 0.5) is 0 Å². The van der Waals surface area contributed by atoms with Crippen LogP contribution in [0.25, 0.3) is 10.1 Å². The first kappa shape index (κ1) is 14.3. The van der Waals surface area contributed by atoms with Crippen molar-refractivity contribution in [1.29, 1.82) is 0 Å². The summed E-state index contributed by atoms with van der Waals surface area (Å²) in [5.74, 6) is 0.579. The van der Waals surface area contributed by atoms with Gasteiger partial charge in [0.15, 0.2) is 0 Å². The van der Waals surface area contributed by atoms with Gasteiger partial charge in [0.1, 0.15) is 0 Å². The fourth-order valence-corrected chi connectivity index (χ4v) is 3.91. The molecule has 0 aliphatic carbocycles. The molecule has 0 spiro atoms. The zero-order valence-corrected chi connectivity index (χ0v) is 13.2. The number of fused-ring (bicyclic) bond motifs is 1. The normalized spacial score (nSPS) is 12.6. The summed E-state index contributed by atoms with van der Waals surface area (Å²) in [4.78, 5) is 0. The molecule has 1 aromatic heterocycles. The van der Waals surface area contributed by atoms with Crippen molar-refractivity contribution in [2.45, 2.75) is 18.8 Å². The molecule has 0 radical (unpaired) electrons. The second-order valence-electron chi connectivity index (χ2n) is 5.46. The highest BCUT2D eigenvalue weighted by atomic mass is 32.1. The molecule has 1 nitrogen and oxygen atoms in total. The van der Waals surface area contributed by atoms with Crippen LogP contribution in [0.15, 0.2) is 60.0 Å². The second kappa shape index (κ2) is 6.88. The first-order chi connectivity index (χ1) is 10.4. The van der Waals surface area contributed by atoms with Gasteiger partial charge in [0.05, 0.1) is 0 Å². The third-order valence-corrected chi connectivity index (χ3v) is 5.06. The van der Waals surface area contributed by atoms with Crippen molar-refractivity contribution in [2.24, 2.45) is 0 Å². The number of thiophene rings is 1. The van der Waals surface area contributed by atoms with Crippen LogP contribution >= 0.6 is 11.3 Å². The van der Waals surface area contributed by atoms with E-state index in [1.54, 1.807) is 0 Å². The third kappa shape index (κ3) is 3.34. The van der Waals surface area contributed by atoms with Gasteiger partial charge in [-0.2, -0.15) is 0 Å². The highest BCUT2D eigenvalue weighted by molar-refractivity contribution is 7.17. The third-order valence-electron chi connectivity index (χ3n) is 4.04. The molecule has 0 aliphatic heterocycles. The summed E-state index contributed by atoms with van der Waals surface area (Å²) in [5, 5.41) is 7.09. The monoisotopic (exact) mass is 295 g/mol. The fourth-order valence-electron chi connectivity index (χ4n) is 2.91. The van der Waals surface area contributed by atoms with Gasteiger partial charge in [0.25, 0.3) is 0 Å². The number of hydrogen-bond acceptors (Lipinski definition) is 2. The molecule has 2 aromatic carbocycles. The maximum Gasteiger partial charge on any atom is 0.0345 e. The number of benzene rings is 2. The smallest absolute Gasteiger partial charge is 0.0345 e. The first-order valence-electron chi connectivity index (χ1n) is 7.53. The minimum atomic E-state index is 0.579. The van der Waals surface area contributed by atoms with E-state index in [2.05, 4.69) is 65.3 Å². The Morgan fingerprint density at radius 1 is 1.00 bits per heavy atom. The van der Waals surface area contributed by atoms with Crippen LogP contribution in [0, 0.1) is 0 Å². The zero-order chi connectivity index (χ0) is 14.5. The molecule has 3 aromatic rings. The SMILES string of the molecule is CNCC(CCc1csc2ccccc12)c1ccccc1. The Balaban J connectivity index is 1.75. The van der Waals surface area contributed by atoms with E-state index < -0.39 is 0 Å². The standard InChI is InChI=1S/C19H21NS/c1-20-13-16(15-7-3-2-4-8-15)11-12-17-14-21-19-10-6-5-9-18(17)19/h2-10,14,16,20H,11-13H2,1H3. The lowest BCUT2D eigenvalue weighted by atomic mass is 9.92. The van der Waals surface area contributed by atoms with E-state index in [0.29, 0.717) is 5.92 Å². The molecule has 0 amide bonds. The fraction of sp³-hybridized carbons (Fsp3) is 0.263. The first-order valence-corrected chi connectivity index (χ1v) is 8.41. The van der Waals surface area contributed by atoms with Gasteiger partial charge in [-0.25, -0.2) is 0 Å². The van der Waals surface area contributed by atoms with Gasteiger partial charge in [-0.15, -0.1) is 11.3 Å². The van der Waals surface area contributed by atoms with E-state index in [4.69, 9.17) is 0 Å². The maximum absolute atomic E-state index is 3.34. The molecule has 0 saturated heterocycles. The Hall–Kier alpha value is -1.64. The molecule has 1 heterocycles. The lowest BCUT2D eigenvalue weighted by Crippen LogP contribution is -2.17. The predicted molar refractivity (Wildman–Crippen MR) is 93.3 cm³/mol. The van der Waals surface area contributed by atoms with Crippen LogP contribution in [0.1, 0.15) is 23.5 Å². The quantitative estimate of drug-likeness (QED) is 0.686. The molecule has 0 bridgehead atoms. The number of nitrogens with one attached hydrogen (secondary N) is 1. The van der Waals surface area contributed by atoms with E-state index in [1.807, 2.05) is 18.4 Å². The predicted octanol–water partition coefficient (Wildman–Crippen LogP) is 4.84. The molecular formula is C19H21NS. The van der Waals surface area contributed by atoms with Gasteiger partial charge in [-0.3, -0.25) is 0 Å². The summed E-state index contributed by atoms with van der Waals surface area (Å²) in [7, 11) is 2.04. The molecule has 1 atom stereocenters. The van der Waals surface area contributed by atoms with Gasteiger partial charge in [0, 0.05) is 11.2 Å². The molecule has 1 unspecified atom stereocenters. The van der Waals surface area contributed by atoms with Crippen molar-refractivity contribution in [2.75, 3.05) is 13.6 Å². The Morgan fingerprint density at radius 3 is 2.57 bits per heavy atom. The lowest BCUT2D eigenvalue weighted by molar-refractivity contribution is 0.585. The van der Waals surface area contributed by atoms with Crippen molar-refractivity contribution >= 4 is 21.4 Å². The van der Waals surface area contributed by atoms with Crippen LogP contribution in [0.2, 0.25) is 0 Å². The number of hydrogen-bond donors (Lipinski definition) is 1. The Kier molecular flexibility index (Phi) is 4.69. The number of likely N-dealkylation sites (N-methyl/N-ethyl adjacent to an activating group) is 1. The molecule has 2 heteroatoms. The summed E-state index contributed by atoms with van der Waals surface area (Å²) in [6.45, 7) is 1.03. The summed E-state index contributed by atoms with van der Waals surface area (Å²) in [6.07, 6.45) is 2.33. The summed E-state index contributed by atoms with van der Waals surface area (Å²) in [6, 6.07) is 19.6. The topological polar surface area (TPSA) is 12.0 Å². The molecular weight excluding hydrogens is 274 g/mol. The molecule has 0 saturated carbocycles. The molecule has 21 heavy (non-hydrogen) atoms. The molecule has 0 aliphatic rings. The summed E-state index contributed by atoms with van der Waals surface area (Å²) in [5.41, 5.74) is 2.93. The summed E-state index contributed by atoms with van der Waals surface area (Å²) >= 11 is 1.86. The van der Waals surface area contributed by atoms with Gasteiger partial charge >= 0.3 is 0 Å². The van der Waals surface area contributed by atoms with E-state index >= 15 is 0 Å². The van der Waals surface area contributed by atoms with E-state index in [9.17, 15) is 0 Å². The average Bonchev–Trinajstić information content (AvgIpc) is 2.95.